The van der Waals surface area contributed by atoms with Crippen LogP contribution in [0.3, 0.4) is 0 Å². The summed E-state index contributed by atoms with van der Waals surface area (Å²) in [7, 11) is 0. The summed E-state index contributed by atoms with van der Waals surface area (Å²) in [6.07, 6.45) is 1.07. The van der Waals surface area contributed by atoms with Gasteiger partial charge in [0, 0.05) is 5.54 Å². The Hall–Kier alpha value is -0.0400. The zero-order valence-corrected chi connectivity index (χ0v) is 2.59. The highest BCUT2D eigenvalue weighted by Crippen LogP contribution is 1.71. The van der Waals surface area contributed by atoms with Crippen LogP contribution in [-0.2, 0) is 0 Å². The van der Waals surface area contributed by atoms with Gasteiger partial charge in [0.2, 0.25) is 0 Å². The Morgan fingerprint density at radius 2 is 2.25 bits per heavy atom. The second-order valence-electron chi connectivity index (χ2n) is 0.218. The zero-order valence-electron chi connectivity index (χ0n) is 1.83. The molecule has 0 aliphatic carbocycles. The quantitative estimate of drug-likeness (QED) is 0.412. The van der Waals surface area contributed by atoms with Crippen LogP contribution in [-0.4, -0.2) is 0 Å². The van der Waals surface area contributed by atoms with Crippen molar-refractivity contribution in [2.45, 2.75) is 0 Å². The molecule has 0 spiro atoms. The first kappa shape index (κ1) is 3.96. The van der Waals surface area contributed by atoms with E-state index in [4.69, 9.17) is 0 Å². The first-order chi connectivity index (χ1) is 1.91. The molecule has 0 aromatic heterocycles. The lowest BCUT2D eigenvalue weighted by Crippen LogP contribution is -1.17. The molecule has 4 heavy (non-hydrogen) atoms. The standard InChI is InChI=1S/C2HClF/c3-1-2-4/h1H. The Balaban J connectivity index is 2.55. The highest BCUT2D eigenvalue weighted by Gasteiger charge is 1.45. The number of hydrogen-bond acceptors (Lipinski definition) is 0. The van der Waals surface area contributed by atoms with E-state index in [1.165, 1.54) is 0 Å². The van der Waals surface area contributed by atoms with E-state index in [0.717, 1.165) is 6.33 Å². The van der Waals surface area contributed by atoms with Gasteiger partial charge in [0.1, 0.15) is 0 Å². The number of rotatable bonds is 0. The third-order valence-corrected chi connectivity index (χ3v) is 0.124. The number of halogens is 2. The molecule has 0 aromatic rings. The van der Waals surface area contributed by atoms with E-state index >= 15 is 0 Å². The molecule has 0 saturated carbocycles. The van der Waals surface area contributed by atoms with E-state index < -0.39 is 0 Å². The smallest absolute Gasteiger partial charge is 0.170 e. The van der Waals surface area contributed by atoms with Crippen LogP contribution in [0.25, 0.3) is 0 Å². The van der Waals surface area contributed by atoms with E-state index in [9.17, 15) is 4.39 Å². The number of hydrogen-bond donors (Lipinski definition) is 0. The first-order valence-electron chi connectivity index (χ1n) is 0.696. The van der Waals surface area contributed by atoms with Crippen molar-refractivity contribution >= 4 is 11.6 Å². The van der Waals surface area contributed by atoms with Crippen molar-refractivity contribution < 1.29 is 4.39 Å². The zero-order chi connectivity index (χ0) is 3.41. The van der Waals surface area contributed by atoms with Crippen molar-refractivity contribution in [3.63, 3.8) is 0 Å². The third-order valence-electron chi connectivity index (χ3n) is 0.0412. The van der Waals surface area contributed by atoms with Crippen molar-refractivity contribution in [2.75, 3.05) is 0 Å². The van der Waals surface area contributed by atoms with Gasteiger partial charge in [-0.2, -0.15) is 0 Å². The summed E-state index contributed by atoms with van der Waals surface area (Å²) in [4.78, 5) is 0. The van der Waals surface area contributed by atoms with Gasteiger partial charge in [0.25, 0.3) is 0 Å². The van der Waals surface area contributed by atoms with E-state index in [2.05, 4.69) is 11.6 Å². The Morgan fingerprint density at radius 3 is 2.25 bits per heavy atom. The normalized spacial score (nSPS) is 9.50. The molecule has 1 radical (unpaired) electrons. The molecule has 0 aromatic carbocycles. The maximum Gasteiger partial charge on any atom is 0.170 e. The summed E-state index contributed by atoms with van der Waals surface area (Å²) in [5, 5.41) is 0. The second kappa shape index (κ2) is 2.96. The molecule has 0 nitrogen and oxygen atoms in total. The largest absolute Gasteiger partial charge is 0.203 e. The van der Waals surface area contributed by atoms with Crippen molar-refractivity contribution in [3.05, 3.63) is 11.9 Å². The Bertz CT molecular complexity index is 21.2. The monoisotopic (exact) mass is 79.0 g/mol. The fourth-order valence-electron chi connectivity index (χ4n) is 0. The maximum absolute atomic E-state index is 10.3. The summed E-state index contributed by atoms with van der Waals surface area (Å²) in [6.45, 7) is 0. The summed E-state index contributed by atoms with van der Waals surface area (Å²) >= 11 is 4.57. The van der Waals surface area contributed by atoms with E-state index in [1.807, 2.05) is 0 Å². The lowest BCUT2D eigenvalue weighted by Gasteiger charge is -1.40. The van der Waals surface area contributed by atoms with Gasteiger partial charge in [-0.1, -0.05) is 11.6 Å². The van der Waals surface area contributed by atoms with Crippen LogP contribution in [0.2, 0.25) is 0 Å². The van der Waals surface area contributed by atoms with Crippen LogP contribution >= 0.6 is 11.6 Å². The molecule has 0 aliphatic heterocycles. The maximum atomic E-state index is 10.3. The van der Waals surface area contributed by atoms with Crippen LogP contribution in [0.15, 0.2) is 5.54 Å². The summed E-state index contributed by atoms with van der Waals surface area (Å²) in [5.41, 5.74) is 0.681. The summed E-state index contributed by atoms with van der Waals surface area (Å²) < 4.78 is 10.3. The minimum absolute atomic E-state index is 0.681. The third kappa shape index (κ3) is 1.96. The molecule has 0 N–H and O–H groups in total. The van der Waals surface area contributed by atoms with Crippen LogP contribution < -0.4 is 0 Å². The van der Waals surface area contributed by atoms with Gasteiger partial charge < -0.3 is 0 Å². The Morgan fingerprint density at radius 1 is 2.00 bits per heavy atom. The highest BCUT2D eigenvalue weighted by atomic mass is 35.5. The minimum atomic E-state index is 0.681. The van der Waals surface area contributed by atoms with Gasteiger partial charge in [0.05, 0.1) is 0 Å². The Kier molecular flexibility index (Phi) is 2.93. The minimum Gasteiger partial charge on any atom is -0.203 e. The van der Waals surface area contributed by atoms with Crippen molar-refractivity contribution in [3.8, 4) is 0 Å². The van der Waals surface area contributed by atoms with Gasteiger partial charge in [-0.25, -0.2) is 4.39 Å². The lowest BCUT2D eigenvalue weighted by molar-refractivity contribution is 0.686. The molecule has 0 aliphatic rings. The molecular formula is C2HClF. The molecule has 0 rings (SSSR count). The molecule has 0 atom stereocenters. The fourth-order valence-corrected chi connectivity index (χ4v) is 0. The predicted octanol–water partition coefficient (Wildman–Crippen LogP) is 1.47. The highest BCUT2D eigenvalue weighted by molar-refractivity contribution is 6.24. The molecule has 2 heteroatoms. The van der Waals surface area contributed by atoms with Crippen LogP contribution in [0.5, 0.6) is 0 Å². The average molecular weight is 79.5 g/mol. The van der Waals surface area contributed by atoms with E-state index in [0.29, 0.717) is 5.54 Å². The molecule has 0 fully saturated rings. The van der Waals surface area contributed by atoms with E-state index in [-0.39, 0.29) is 0 Å². The molecular weight excluding hydrogens is 78.5 g/mol. The molecule has 0 amide bonds. The fraction of sp³-hybridized carbons (Fsp3) is 0. The Labute approximate surface area is 28.9 Å². The SMILES string of the molecule is F/[C]=C\Cl. The first-order valence-corrected chi connectivity index (χ1v) is 1.13. The molecule has 0 heterocycles. The van der Waals surface area contributed by atoms with Crippen molar-refractivity contribution in [1.29, 1.82) is 0 Å². The van der Waals surface area contributed by atoms with Gasteiger partial charge in [0.15, 0.2) is 6.33 Å². The van der Waals surface area contributed by atoms with Gasteiger partial charge >= 0.3 is 0 Å². The van der Waals surface area contributed by atoms with Gasteiger partial charge in [-0.15, -0.1) is 0 Å². The summed E-state index contributed by atoms with van der Waals surface area (Å²) in [5.74, 6) is 0. The molecule has 0 bridgehead atoms. The van der Waals surface area contributed by atoms with Gasteiger partial charge in [-0.05, 0) is 0 Å². The van der Waals surface area contributed by atoms with Gasteiger partial charge in [-0.3, -0.25) is 0 Å². The topological polar surface area (TPSA) is 0 Å². The van der Waals surface area contributed by atoms with Crippen LogP contribution in [0.4, 0.5) is 4.39 Å². The molecule has 0 saturated heterocycles. The van der Waals surface area contributed by atoms with Crippen LogP contribution in [0.1, 0.15) is 0 Å². The second-order valence-corrected chi connectivity index (χ2v) is 0.436. The summed E-state index contributed by atoms with van der Waals surface area (Å²) in [6, 6.07) is 0. The van der Waals surface area contributed by atoms with Crippen molar-refractivity contribution in [1.82, 2.24) is 0 Å². The van der Waals surface area contributed by atoms with E-state index in [1.54, 1.807) is 0 Å². The van der Waals surface area contributed by atoms with Crippen molar-refractivity contribution in [2.24, 2.45) is 0 Å². The molecule has 23 valence electrons. The lowest BCUT2D eigenvalue weighted by atomic mass is 11.2. The average Bonchev–Trinajstić information content (AvgIpc) is 1.37. The molecule has 0 unspecified atom stereocenters. The van der Waals surface area contributed by atoms with Crippen LogP contribution in [0, 0.1) is 6.33 Å². The predicted molar refractivity (Wildman–Crippen MR) is 14.8 cm³/mol.